The van der Waals surface area contributed by atoms with E-state index >= 15 is 0 Å². The summed E-state index contributed by atoms with van der Waals surface area (Å²) in [6.45, 7) is 5.98. The molecule has 0 saturated heterocycles. The summed E-state index contributed by atoms with van der Waals surface area (Å²) in [4.78, 5) is 11.8. The molecule has 0 radical (unpaired) electrons. The normalized spacial score (nSPS) is 10.5. The third-order valence-corrected chi connectivity index (χ3v) is 2.06. The largest absolute Gasteiger partial charge is 0.342 e. The van der Waals surface area contributed by atoms with E-state index in [2.05, 4.69) is 15.0 Å². The lowest BCUT2D eigenvalue weighted by molar-refractivity contribution is 1.11. The average Bonchev–Trinajstić information content (AvgIpc) is 2.50. The minimum atomic E-state index is 0.913. The number of imidazole rings is 1. The summed E-state index contributed by atoms with van der Waals surface area (Å²) in [5.41, 5.74) is 4.22. The molecule has 0 aliphatic heterocycles. The first-order valence-corrected chi connectivity index (χ1v) is 4.62. The van der Waals surface area contributed by atoms with Crippen LogP contribution in [0.5, 0.6) is 0 Å². The van der Waals surface area contributed by atoms with Crippen LogP contribution in [0.25, 0.3) is 11.4 Å². The molecule has 2 heterocycles. The van der Waals surface area contributed by atoms with E-state index in [1.54, 1.807) is 0 Å². The molecule has 0 aromatic carbocycles. The molecule has 0 unspecified atom stereocenters. The van der Waals surface area contributed by atoms with Gasteiger partial charge in [0.15, 0.2) is 0 Å². The van der Waals surface area contributed by atoms with Gasteiger partial charge in [0.05, 0.1) is 0 Å². The zero-order valence-corrected chi connectivity index (χ0v) is 8.63. The van der Waals surface area contributed by atoms with Gasteiger partial charge >= 0.3 is 0 Å². The van der Waals surface area contributed by atoms with Gasteiger partial charge in [0.25, 0.3) is 0 Å². The Bertz CT molecular complexity index is 437. The molecule has 0 bridgehead atoms. The van der Waals surface area contributed by atoms with Crippen molar-refractivity contribution in [3.8, 4) is 11.4 Å². The van der Waals surface area contributed by atoms with Gasteiger partial charge in [-0.05, 0) is 32.9 Å². The van der Waals surface area contributed by atoms with Crippen molar-refractivity contribution in [2.45, 2.75) is 20.8 Å². The molecule has 0 aliphatic carbocycles. The van der Waals surface area contributed by atoms with E-state index in [0.717, 1.165) is 28.5 Å². The summed E-state index contributed by atoms with van der Waals surface area (Å²) in [5, 5.41) is 0. The van der Waals surface area contributed by atoms with Gasteiger partial charge in [0.2, 0.25) is 0 Å². The number of H-pyrrole nitrogens is 1. The number of nitrogens with one attached hydrogen (secondary N) is 1. The van der Waals surface area contributed by atoms with Crippen LogP contribution in [-0.4, -0.2) is 15.0 Å². The first-order valence-electron chi connectivity index (χ1n) is 4.62. The summed E-state index contributed by atoms with van der Waals surface area (Å²) >= 11 is 0. The molecule has 0 aliphatic rings. The Kier molecular flexibility index (Phi) is 2.08. The van der Waals surface area contributed by atoms with Gasteiger partial charge in [-0.1, -0.05) is 0 Å². The monoisotopic (exact) mass is 187 g/mol. The van der Waals surface area contributed by atoms with Crippen molar-refractivity contribution >= 4 is 0 Å². The molecule has 3 nitrogen and oxygen atoms in total. The second kappa shape index (κ2) is 3.25. The molecule has 2 aromatic heterocycles. The zero-order chi connectivity index (χ0) is 10.1. The van der Waals surface area contributed by atoms with Crippen LogP contribution in [0.4, 0.5) is 0 Å². The highest BCUT2D eigenvalue weighted by Crippen LogP contribution is 2.17. The van der Waals surface area contributed by atoms with Gasteiger partial charge in [0, 0.05) is 28.8 Å². The first kappa shape index (κ1) is 8.94. The molecular weight excluding hydrogens is 174 g/mol. The van der Waals surface area contributed by atoms with E-state index in [0.29, 0.717) is 0 Å². The van der Waals surface area contributed by atoms with Crippen LogP contribution in [-0.2, 0) is 0 Å². The SMILES string of the molecule is Cc1cc(-c2ncc(C)[nH]2)cc(C)n1. The Balaban J connectivity index is 2.51. The van der Waals surface area contributed by atoms with Crippen molar-refractivity contribution in [1.29, 1.82) is 0 Å². The Labute approximate surface area is 83.2 Å². The lowest BCUT2D eigenvalue weighted by Crippen LogP contribution is -1.89. The predicted molar refractivity (Wildman–Crippen MR) is 56.0 cm³/mol. The molecule has 2 rings (SSSR count). The molecule has 3 heteroatoms. The predicted octanol–water partition coefficient (Wildman–Crippen LogP) is 2.40. The van der Waals surface area contributed by atoms with E-state index in [1.807, 2.05) is 39.1 Å². The van der Waals surface area contributed by atoms with E-state index in [4.69, 9.17) is 0 Å². The molecular formula is C11H13N3. The minimum Gasteiger partial charge on any atom is -0.342 e. The van der Waals surface area contributed by atoms with Gasteiger partial charge in [-0.15, -0.1) is 0 Å². The van der Waals surface area contributed by atoms with Gasteiger partial charge < -0.3 is 4.98 Å². The molecule has 0 atom stereocenters. The van der Waals surface area contributed by atoms with E-state index in [1.165, 1.54) is 0 Å². The topological polar surface area (TPSA) is 41.6 Å². The molecule has 0 fully saturated rings. The molecule has 72 valence electrons. The zero-order valence-electron chi connectivity index (χ0n) is 8.63. The molecule has 0 amide bonds. The Morgan fingerprint density at radius 3 is 2.21 bits per heavy atom. The van der Waals surface area contributed by atoms with Crippen molar-refractivity contribution in [2.24, 2.45) is 0 Å². The van der Waals surface area contributed by atoms with Gasteiger partial charge in [-0.2, -0.15) is 0 Å². The second-order valence-corrected chi connectivity index (χ2v) is 3.55. The highest BCUT2D eigenvalue weighted by atomic mass is 14.9. The summed E-state index contributed by atoms with van der Waals surface area (Å²) < 4.78 is 0. The van der Waals surface area contributed by atoms with Crippen molar-refractivity contribution in [1.82, 2.24) is 15.0 Å². The van der Waals surface area contributed by atoms with Crippen LogP contribution in [0, 0.1) is 20.8 Å². The first-order chi connectivity index (χ1) is 6.65. The number of aromatic amines is 1. The third-order valence-electron chi connectivity index (χ3n) is 2.06. The van der Waals surface area contributed by atoms with E-state index < -0.39 is 0 Å². The number of hydrogen-bond acceptors (Lipinski definition) is 2. The fraction of sp³-hybridized carbons (Fsp3) is 0.273. The number of hydrogen-bond donors (Lipinski definition) is 1. The number of aromatic nitrogens is 3. The average molecular weight is 187 g/mol. The molecule has 14 heavy (non-hydrogen) atoms. The smallest absolute Gasteiger partial charge is 0.137 e. The second-order valence-electron chi connectivity index (χ2n) is 3.55. The van der Waals surface area contributed by atoms with E-state index in [9.17, 15) is 0 Å². The fourth-order valence-corrected chi connectivity index (χ4v) is 1.53. The number of nitrogens with zero attached hydrogens (tertiary/aromatic N) is 2. The highest BCUT2D eigenvalue weighted by molar-refractivity contribution is 5.56. The Hall–Kier alpha value is -1.64. The van der Waals surface area contributed by atoms with Gasteiger partial charge in [-0.25, -0.2) is 4.98 Å². The maximum atomic E-state index is 4.32. The van der Waals surface area contributed by atoms with Crippen LogP contribution < -0.4 is 0 Å². The van der Waals surface area contributed by atoms with Gasteiger partial charge in [0.1, 0.15) is 5.82 Å². The number of aryl methyl sites for hydroxylation is 3. The van der Waals surface area contributed by atoms with Crippen molar-refractivity contribution in [3.63, 3.8) is 0 Å². The van der Waals surface area contributed by atoms with Gasteiger partial charge in [-0.3, -0.25) is 4.98 Å². The third kappa shape index (κ3) is 1.66. The lowest BCUT2D eigenvalue weighted by atomic mass is 10.2. The molecule has 1 N–H and O–H groups in total. The summed E-state index contributed by atoms with van der Waals surface area (Å²) in [7, 11) is 0. The fourth-order valence-electron chi connectivity index (χ4n) is 1.53. The summed E-state index contributed by atoms with van der Waals surface area (Å²) in [6.07, 6.45) is 1.83. The Morgan fingerprint density at radius 1 is 1.07 bits per heavy atom. The van der Waals surface area contributed by atoms with E-state index in [-0.39, 0.29) is 0 Å². The van der Waals surface area contributed by atoms with Crippen molar-refractivity contribution in [2.75, 3.05) is 0 Å². The maximum absolute atomic E-state index is 4.32. The van der Waals surface area contributed by atoms with Crippen molar-refractivity contribution < 1.29 is 0 Å². The minimum absolute atomic E-state index is 0.913. The summed E-state index contributed by atoms with van der Waals surface area (Å²) in [5.74, 6) is 0.913. The summed E-state index contributed by atoms with van der Waals surface area (Å²) in [6, 6.07) is 4.07. The highest BCUT2D eigenvalue weighted by Gasteiger charge is 2.03. The maximum Gasteiger partial charge on any atom is 0.137 e. The number of pyridine rings is 1. The quantitative estimate of drug-likeness (QED) is 0.744. The van der Waals surface area contributed by atoms with Crippen LogP contribution in [0.15, 0.2) is 18.3 Å². The standard InChI is InChI=1S/C11H13N3/c1-7-4-10(5-8(2)13-7)11-12-6-9(3)14-11/h4-6H,1-3H3,(H,12,14). The molecule has 2 aromatic rings. The van der Waals surface area contributed by atoms with Crippen LogP contribution in [0.1, 0.15) is 17.1 Å². The Morgan fingerprint density at radius 2 is 1.71 bits per heavy atom. The molecule has 0 spiro atoms. The van der Waals surface area contributed by atoms with Crippen LogP contribution in [0.3, 0.4) is 0 Å². The lowest BCUT2D eigenvalue weighted by Gasteiger charge is -2.00. The van der Waals surface area contributed by atoms with Crippen molar-refractivity contribution in [3.05, 3.63) is 35.4 Å². The van der Waals surface area contributed by atoms with Crippen LogP contribution >= 0.6 is 0 Å². The number of rotatable bonds is 1. The molecule has 0 saturated carbocycles. The van der Waals surface area contributed by atoms with Crippen LogP contribution in [0.2, 0.25) is 0 Å².